The quantitative estimate of drug-likeness (QED) is 0.0787. The molecule has 0 bridgehead atoms. The predicted molar refractivity (Wildman–Crippen MR) is 224 cm³/mol. The summed E-state index contributed by atoms with van der Waals surface area (Å²) in [6, 6.07) is 8.37. The molecule has 0 saturated carbocycles. The standard InChI is InChI=1S/C43H49N7O11S/c1-22(2)35(48-38(55)30-13-12-26-8-6-7-9-29(26)45-30)40(57)46-31(17-33(51)52)39(56)49-36(23(3)4)42(59)50-15-14-25-11-10-24(5)16-28(25)37(50)41(58)47-32(18-34(53)54)43(60)61-20-27-19-44-21-62-27/h6-13,16,19,21-23,31-32,35-37H,14-15,17-18,20H2,1-5H3,(H,46,57)(H,47,58)(H,48,55)(H,49,56)(H,51,52)(H,53,54)/t31-,32-,35-,36-,37?/m0/s1. The van der Waals surface area contributed by atoms with Gasteiger partial charge in [-0.1, -0.05) is 75.7 Å². The highest BCUT2D eigenvalue weighted by molar-refractivity contribution is 7.09. The van der Waals surface area contributed by atoms with E-state index in [-0.39, 0.29) is 18.8 Å². The van der Waals surface area contributed by atoms with Crippen LogP contribution < -0.4 is 21.3 Å². The largest absolute Gasteiger partial charge is 0.481 e. The Bertz CT molecular complexity index is 2340. The van der Waals surface area contributed by atoms with Crippen molar-refractivity contribution in [1.29, 1.82) is 0 Å². The lowest BCUT2D eigenvalue weighted by molar-refractivity contribution is -0.154. The van der Waals surface area contributed by atoms with E-state index in [0.29, 0.717) is 22.4 Å². The molecule has 0 fully saturated rings. The van der Waals surface area contributed by atoms with E-state index in [9.17, 15) is 48.6 Å². The van der Waals surface area contributed by atoms with Gasteiger partial charge in [0.15, 0.2) is 0 Å². The highest BCUT2D eigenvalue weighted by Gasteiger charge is 2.42. The van der Waals surface area contributed by atoms with Crippen LogP contribution >= 0.6 is 11.3 Å². The number of hydrogen-bond donors (Lipinski definition) is 6. The number of thiazole rings is 1. The molecule has 1 aliphatic rings. The van der Waals surface area contributed by atoms with Crippen LogP contribution in [0.4, 0.5) is 0 Å². The van der Waals surface area contributed by atoms with Crippen LogP contribution in [0.25, 0.3) is 10.9 Å². The number of nitrogens with one attached hydrogen (secondary N) is 4. The lowest BCUT2D eigenvalue weighted by Crippen LogP contribution is -2.60. The number of carboxylic acids is 2. The summed E-state index contributed by atoms with van der Waals surface area (Å²) in [5.41, 5.74) is 4.00. The first kappa shape index (κ1) is 46.3. The Morgan fingerprint density at radius 2 is 1.52 bits per heavy atom. The number of fused-ring (bicyclic) bond motifs is 2. The molecule has 19 heteroatoms. The maximum Gasteiger partial charge on any atom is 0.329 e. The Morgan fingerprint density at radius 1 is 0.823 bits per heavy atom. The molecule has 0 saturated heterocycles. The second kappa shape index (κ2) is 20.7. The molecule has 2 aromatic carbocycles. The number of rotatable bonds is 18. The van der Waals surface area contributed by atoms with Gasteiger partial charge in [0.25, 0.3) is 5.91 Å². The molecule has 18 nitrogen and oxygen atoms in total. The topological polar surface area (TPSA) is 263 Å². The van der Waals surface area contributed by atoms with Crippen molar-refractivity contribution in [3.05, 3.63) is 93.6 Å². The number of aryl methyl sites for hydroxylation is 1. The summed E-state index contributed by atoms with van der Waals surface area (Å²) in [6.07, 6.45) is 0.0715. The van der Waals surface area contributed by atoms with Crippen LogP contribution in [0.1, 0.15) is 78.6 Å². The van der Waals surface area contributed by atoms with Crippen molar-refractivity contribution >= 4 is 69.7 Å². The Morgan fingerprint density at radius 3 is 2.18 bits per heavy atom. The number of carbonyl (C=O) groups is 8. The van der Waals surface area contributed by atoms with Crippen LogP contribution in [0.2, 0.25) is 0 Å². The molecular weight excluding hydrogens is 823 g/mol. The van der Waals surface area contributed by atoms with Gasteiger partial charge in [0.2, 0.25) is 23.6 Å². The monoisotopic (exact) mass is 871 g/mol. The number of amides is 5. The fraction of sp³-hybridized carbons (Fsp3) is 0.395. The third-order valence-corrected chi connectivity index (χ3v) is 10.9. The molecule has 2 aromatic heterocycles. The van der Waals surface area contributed by atoms with Gasteiger partial charge in [-0.3, -0.25) is 38.5 Å². The average molecular weight is 872 g/mol. The summed E-state index contributed by atoms with van der Waals surface area (Å²) in [5.74, 6) is -9.19. The summed E-state index contributed by atoms with van der Waals surface area (Å²) in [5, 5.41) is 30.4. The van der Waals surface area contributed by atoms with E-state index < -0.39 is 102 Å². The molecule has 1 aliphatic heterocycles. The normalized spacial score (nSPS) is 15.4. The van der Waals surface area contributed by atoms with Crippen molar-refractivity contribution in [2.24, 2.45) is 11.8 Å². The summed E-state index contributed by atoms with van der Waals surface area (Å²) >= 11 is 1.21. The van der Waals surface area contributed by atoms with Gasteiger partial charge >= 0.3 is 17.9 Å². The first-order valence-electron chi connectivity index (χ1n) is 19.9. The molecule has 4 aromatic rings. The van der Waals surface area contributed by atoms with Gasteiger partial charge < -0.3 is 41.1 Å². The number of aromatic nitrogens is 2. The molecule has 0 spiro atoms. The SMILES string of the molecule is Cc1ccc2c(c1)C(C(=O)N[C@@H](CC(=O)O)C(=O)OCc1cncs1)N(C(=O)[C@@H](NC(=O)[C@H](CC(=O)O)NC(=O)[C@@H](NC(=O)c1ccc3ccccc3n1)C(C)C)C(C)C)CC2. The van der Waals surface area contributed by atoms with E-state index in [2.05, 4.69) is 31.2 Å². The van der Waals surface area contributed by atoms with Gasteiger partial charge in [0, 0.05) is 18.1 Å². The Balaban J connectivity index is 1.36. The number of benzene rings is 2. The first-order valence-corrected chi connectivity index (χ1v) is 20.8. The van der Waals surface area contributed by atoms with Crippen LogP contribution in [0.15, 0.2) is 66.3 Å². The van der Waals surface area contributed by atoms with Crippen molar-refractivity contribution in [3.8, 4) is 0 Å². The van der Waals surface area contributed by atoms with E-state index in [4.69, 9.17) is 4.74 Å². The van der Waals surface area contributed by atoms with Crippen LogP contribution in [0.3, 0.4) is 0 Å². The smallest absolute Gasteiger partial charge is 0.329 e. The molecule has 328 valence electrons. The molecule has 6 N–H and O–H groups in total. The molecule has 1 unspecified atom stereocenters. The zero-order valence-corrected chi connectivity index (χ0v) is 35.6. The molecule has 62 heavy (non-hydrogen) atoms. The van der Waals surface area contributed by atoms with E-state index >= 15 is 0 Å². The highest BCUT2D eigenvalue weighted by Crippen LogP contribution is 2.32. The van der Waals surface area contributed by atoms with Gasteiger partial charge in [0.05, 0.1) is 28.7 Å². The lowest BCUT2D eigenvalue weighted by Gasteiger charge is -2.39. The summed E-state index contributed by atoms with van der Waals surface area (Å²) in [4.78, 5) is 117. The van der Waals surface area contributed by atoms with Crippen molar-refractivity contribution in [2.45, 2.75) is 90.7 Å². The number of ether oxygens (including phenoxy) is 1. The molecule has 0 aliphatic carbocycles. The fourth-order valence-electron chi connectivity index (χ4n) is 6.96. The zero-order valence-electron chi connectivity index (χ0n) is 34.7. The van der Waals surface area contributed by atoms with Gasteiger partial charge in [-0.25, -0.2) is 9.78 Å². The molecule has 5 amide bonds. The van der Waals surface area contributed by atoms with Crippen molar-refractivity contribution < 1.29 is 53.3 Å². The van der Waals surface area contributed by atoms with Crippen molar-refractivity contribution in [3.63, 3.8) is 0 Å². The second-order valence-corrected chi connectivity index (χ2v) is 16.6. The maximum atomic E-state index is 14.6. The molecule has 0 radical (unpaired) electrons. The number of para-hydroxylation sites is 1. The predicted octanol–water partition coefficient (Wildman–Crippen LogP) is 2.68. The Hall–Kier alpha value is -6.76. The summed E-state index contributed by atoms with van der Waals surface area (Å²) in [6.45, 7) is 8.10. The van der Waals surface area contributed by atoms with E-state index in [1.54, 1.807) is 65.0 Å². The van der Waals surface area contributed by atoms with Crippen molar-refractivity contribution in [2.75, 3.05) is 6.54 Å². The van der Waals surface area contributed by atoms with Crippen LogP contribution in [-0.2, 0) is 51.3 Å². The zero-order chi connectivity index (χ0) is 45.2. The van der Waals surface area contributed by atoms with Gasteiger partial charge in [-0.05, 0) is 48.4 Å². The van der Waals surface area contributed by atoms with E-state index in [0.717, 1.165) is 16.5 Å². The van der Waals surface area contributed by atoms with Crippen LogP contribution in [0.5, 0.6) is 0 Å². The third kappa shape index (κ3) is 11.7. The maximum absolute atomic E-state index is 14.6. The molecule has 5 atom stereocenters. The van der Waals surface area contributed by atoms with Crippen LogP contribution in [0, 0.1) is 18.8 Å². The van der Waals surface area contributed by atoms with E-state index in [1.165, 1.54) is 34.0 Å². The fourth-order valence-corrected chi connectivity index (χ4v) is 7.47. The minimum atomic E-state index is -1.71. The minimum absolute atomic E-state index is 0.0252. The Labute approximate surface area is 360 Å². The summed E-state index contributed by atoms with van der Waals surface area (Å²) < 4.78 is 5.30. The lowest BCUT2D eigenvalue weighted by atomic mass is 9.89. The van der Waals surface area contributed by atoms with E-state index in [1.807, 2.05) is 18.2 Å². The van der Waals surface area contributed by atoms with Crippen molar-refractivity contribution in [1.82, 2.24) is 36.1 Å². The molecular formula is C43H49N7O11S. The number of aliphatic carboxylic acids is 2. The van der Waals surface area contributed by atoms with Gasteiger partial charge in [0.1, 0.15) is 42.5 Å². The number of carbonyl (C=O) groups excluding carboxylic acids is 6. The molecule has 3 heterocycles. The average Bonchev–Trinajstić information content (AvgIpc) is 3.75. The Kier molecular flexibility index (Phi) is 15.4. The minimum Gasteiger partial charge on any atom is -0.481 e. The second-order valence-electron chi connectivity index (χ2n) is 15.6. The third-order valence-electron chi connectivity index (χ3n) is 10.2. The highest BCUT2D eigenvalue weighted by atomic mass is 32.1. The first-order chi connectivity index (χ1) is 29.4. The number of esters is 1. The van der Waals surface area contributed by atoms with Gasteiger partial charge in [-0.2, -0.15) is 0 Å². The van der Waals surface area contributed by atoms with Crippen LogP contribution in [-0.4, -0.2) is 103 Å². The molecule has 5 rings (SSSR count). The number of nitrogens with zero attached hydrogens (tertiary/aromatic N) is 3. The van der Waals surface area contributed by atoms with Gasteiger partial charge in [-0.15, -0.1) is 11.3 Å². The number of pyridine rings is 1. The summed E-state index contributed by atoms with van der Waals surface area (Å²) in [7, 11) is 0. The number of hydrogen-bond acceptors (Lipinski definition) is 12. The number of carboxylic acid groups (broad SMARTS) is 2.